The Morgan fingerprint density at radius 3 is 2.76 bits per heavy atom. The minimum absolute atomic E-state index is 0.0254. The maximum absolute atomic E-state index is 12.9. The van der Waals surface area contributed by atoms with Gasteiger partial charge in [-0.2, -0.15) is 0 Å². The van der Waals surface area contributed by atoms with Gasteiger partial charge >= 0.3 is 6.09 Å². The quantitative estimate of drug-likeness (QED) is 0.786. The molecule has 2 rings (SSSR count). The van der Waals surface area contributed by atoms with E-state index in [2.05, 4.69) is 29.9 Å². The van der Waals surface area contributed by atoms with E-state index in [4.69, 9.17) is 4.74 Å². The largest absolute Gasteiger partial charge is 0.443 e. The number of amides is 1. The second-order valence-corrected chi connectivity index (χ2v) is 8.02. The van der Waals surface area contributed by atoms with E-state index in [1.54, 1.807) is 11.1 Å². The number of hydrogen-bond donors (Lipinski definition) is 0. The molecule has 0 saturated carbocycles. The molecule has 0 spiro atoms. The van der Waals surface area contributed by atoms with Crippen molar-refractivity contribution in [2.45, 2.75) is 78.0 Å². The molecule has 1 aliphatic heterocycles. The molecule has 5 heteroatoms. The SMILES string of the molecule is CC[C@@H](C)N(C(=O)OC(C)(C)C)c1ncccc1[C@H]1CCCCN1C. The van der Waals surface area contributed by atoms with E-state index < -0.39 is 5.60 Å². The van der Waals surface area contributed by atoms with Crippen molar-refractivity contribution >= 4 is 11.9 Å². The van der Waals surface area contributed by atoms with Crippen molar-refractivity contribution in [1.29, 1.82) is 0 Å². The van der Waals surface area contributed by atoms with Crippen molar-refractivity contribution in [1.82, 2.24) is 9.88 Å². The van der Waals surface area contributed by atoms with Crippen molar-refractivity contribution in [2.75, 3.05) is 18.5 Å². The number of rotatable bonds is 4. The number of ether oxygens (including phenoxy) is 1. The first-order chi connectivity index (χ1) is 11.7. The van der Waals surface area contributed by atoms with Gasteiger partial charge in [0.15, 0.2) is 0 Å². The molecule has 5 nitrogen and oxygen atoms in total. The molecule has 0 bridgehead atoms. The molecule has 0 aromatic carbocycles. The fraction of sp³-hybridized carbons (Fsp3) is 0.700. The van der Waals surface area contributed by atoms with Gasteiger partial charge in [-0.25, -0.2) is 9.78 Å². The van der Waals surface area contributed by atoms with E-state index >= 15 is 0 Å². The topological polar surface area (TPSA) is 45.7 Å². The van der Waals surface area contributed by atoms with Crippen LogP contribution in [0.2, 0.25) is 0 Å². The molecular formula is C20H33N3O2. The standard InChI is InChI=1S/C20H33N3O2/c1-7-15(2)23(19(24)25-20(3,4)5)18-16(11-10-13-21-18)17-12-8-9-14-22(17)6/h10-11,13,15,17H,7-9,12,14H2,1-6H3/t15-,17-/m1/s1. The zero-order chi connectivity index (χ0) is 18.6. The lowest BCUT2D eigenvalue weighted by atomic mass is 9.95. The van der Waals surface area contributed by atoms with Crippen LogP contribution in [0.3, 0.4) is 0 Å². The zero-order valence-corrected chi connectivity index (χ0v) is 16.6. The summed E-state index contributed by atoms with van der Waals surface area (Å²) in [5.41, 5.74) is 0.593. The summed E-state index contributed by atoms with van der Waals surface area (Å²) in [6.07, 6.45) is 5.82. The maximum atomic E-state index is 12.9. The first-order valence-corrected chi connectivity index (χ1v) is 9.42. The average Bonchev–Trinajstić information content (AvgIpc) is 2.54. The Labute approximate surface area is 152 Å². The molecule has 25 heavy (non-hydrogen) atoms. The fourth-order valence-electron chi connectivity index (χ4n) is 3.31. The van der Waals surface area contributed by atoms with E-state index in [9.17, 15) is 4.79 Å². The van der Waals surface area contributed by atoms with Crippen LogP contribution in [-0.2, 0) is 4.74 Å². The molecule has 1 amide bonds. The molecule has 1 saturated heterocycles. The molecule has 2 heterocycles. The Balaban J connectivity index is 2.42. The van der Waals surface area contributed by atoms with Gasteiger partial charge in [0.25, 0.3) is 0 Å². The van der Waals surface area contributed by atoms with Crippen molar-refractivity contribution < 1.29 is 9.53 Å². The Hall–Kier alpha value is -1.62. The Morgan fingerprint density at radius 2 is 2.16 bits per heavy atom. The van der Waals surface area contributed by atoms with E-state index in [0.717, 1.165) is 30.8 Å². The molecule has 2 atom stereocenters. The van der Waals surface area contributed by atoms with Crippen molar-refractivity contribution in [3.8, 4) is 0 Å². The third-order valence-electron chi connectivity index (χ3n) is 4.80. The molecule has 140 valence electrons. The number of piperidine rings is 1. The number of carbonyl (C=O) groups is 1. The lowest BCUT2D eigenvalue weighted by molar-refractivity contribution is 0.0564. The Morgan fingerprint density at radius 1 is 1.44 bits per heavy atom. The number of carbonyl (C=O) groups excluding carboxylic acids is 1. The van der Waals surface area contributed by atoms with Gasteiger partial charge in [-0.05, 0) is 66.6 Å². The number of anilines is 1. The van der Waals surface area contributed by atoms with Gasteiger partial charge in [-0.3, -0.25) is 9.80 Å². The minimum atomic E-state index is -0.528. The second-order valence-electron chi connectivity index (χ2n) is 8.02. The third kappa shape index (κ3) is 4.94. The highest BCUT2D eigenvalue weighted by molar-refractivity contribution is 5.88. The smallest absolute Gasteiger partial charge is 0.416 e. The highest BCUT2D eigenvalue weighted by atomic mass is 16.6. The van der Waals surface area contributed by atoms with Gasteiger partial charge in [0.2, 0.25) is 0 Å². The number of likely N-dealkylation sites (tertiary alicyclic amines) is 1. The van der Waals surface area contributed by atoms with Gasteiger partial charge in [0.1, 0.15) is 11.4 Å². The molecule has 1 aromatic rings. The summed E-state index contributed by atoms with van der Waals surface area (Å²) < 4.78 is 5.68. The number of hydrogen-bond acceptors (Lipinski definition) is 4. The van der Waals surface area contributed by atoms with E-state index in [0.29, 0.717) is 6.04 Å². The van der Waals surface area contributed by atoms with Crippen LogP contribution in [0.4, 0.5) is 10.6 Å². The average molecular weight is 348 g/mol. The summed E-state index contributed by atoms with van der Waals surface area (Å²) in [4.78, 5) is 21.6. The summed E-state index contributed by atoms with van der Waals surface area (Å²) in [6, 6.07) is 4.39. The highest BCUT2D eigenvalue weighted by Gasteiger charge is 2.32. The predicted octanol–water partition coefficient (Wildman–Crippen LogP) is 4.78. The van der Waals surface area contributed by atoms with Gasteiger partial charge in [-0.15, -0.1) is 0 Å². The minimum Gasteiger partial charge on any atom is -0.443 e. The molecule has 1 fully saturated rings. The molecular weight excluding hydrogens is 314 g/mol. The van der Waals surface area contributed by atoms with Crippen molar-refractivity contribution in [2.24, 2.45) is 0 Å². The molecule has 0 unspecified atom stereocenters. The van der Waals surface area contributed by atoms with Crippen LogP contribution < -0.4 is 4.90 Å². The van der Waals surface area contributed by atoms with Gasteiger partial charge in [0.05, 0.1) is 0 Å². The summed E-state index contributed by atoms with van der Waals surface area (Å²) in [7, 11) is 2.15. The van der Waals surface area contributed by atoms with Crippen molar-refractivity contribution in [3.05, 3.63) is 23.9 Å². The maximum Gasteiger partial charge on any atom is 0.416 e. The molecule has 1 aliphatic rings. The molecule has 0 radical (unpaired) electrons. The van der Waals surface area contributed by atoms with Crippen LogP contribution >= 0.6 is 0 Å². The normalized spacial score (nSPS) is 20.2. The van der Waals surface area contributed by atoms with Gasteiger partial charge in [-0.1, -0.05) is 19.4 Å². The van der Waals surface area contributed by atoms with E-state index in [1.165, 1.54) is 12.8 Å². The number of nitrogens with zero attached hydrogens (tertiary/aromatic N) is 3. The highest BCUT2D eigenvalue weighted by Crippen LogP contribution is 2.35. The summed E-state index contributed by atoms with van der Waals surface area (Å²) in [5, 5.41) is 0. The third-order valence-corrected chi connectivity index (χ3v) is 4.80. The zero-order valence-electron chi connectivity index (χ0n) is 16.6. The Bertz CT molecular complexity index is 583. The summed E-state index contributed by atoms with van der Waals surface area (Å²) >= 11 is 0. The predicted molar refractivity (Wildman–Crippen MR) is 102 cm³/mol. The number of aromatic nitrogens is 1. The number of pyridine rings is 1. The monoisotopic (exact) mass is 347 g/mol. The first-order valence-electron chi connectivity index (χ1n) is 9.42. The van der Waals surface area contributed by atoms with Crippen LogP contribution in [0.15, 0.2) is 18.3 Å². The summed E-state index contributed by atoms with van der Waals surface area (Å²) in [6.45, 7) is 10.9. The van der Waals surface area contributed by atoms with Crippen LogP contribution in [0.5, 0.6) is 0 Å². The van der Waals surface area contributed by atoms with Crippen molar-refractivity contribution in [3.63, 3.8) is 0 Å². The van der Waals surface area contributed by atoms with Crippen LogP contribution in [0.1, 0.15) is 71.9 Å². The van der Waals surface area contributed by atoms with Crippen LogP contribution in [0, 0.1) is 0 Å². The van der Waals surface area contributed by atoms with Crippen LogP contribution in [0.25, 0.3) is 0 Å². The van der Waals surface area contributed by atoms with E-state index in [1.807, 2.05) is 33.8 Å². The summed E-state index contributed by atoms with van der Waals surface area (Å²) in [5.74, 6) is 0.741. The molecule has 0 aliphatic carbocycles. The fourth-order valence-corrected chi connectivity index (χ4v) is 3.31. The second kappa shape index (κ2) is 8.17. The van der Waals surface area contributed by atoms with Crippen LogP contribution in [-0.4, -0.2) is 41.2 Å². The molecule has 1 aromatic heterocycles. The molecule has 0 N–H and O–H groups in total. The van der Waals surface area contributed by atoms with Gasteiger partial charge < -0.3 is 4.74 Å². The Kier molecular flexibility index (Phi) is 6.44. The van der Waals surface area contributed by atoms with E-state index in [-0.39, 0.29) is 12.1 Å². The lowest BCUT2D eigenvalue weighted by Gasteiger charge is -2.37. The lowest BCUT2D eigenvalue weighted by Crippen LogP contribution is -2.43. The first kappa shape index (κ1) is 19.7. The van der Waals surface area contributed by atoms with Gasteiger partial charge in [0, 0.05) is 23.8 Å².